The lowest BCUT2D eigenvalue weighted by atomic mass is 9.93. The van der Waals surface area contributed by atoms with Crippen LogP contribution < -0.4 is 10.2 Å². The molecule has 0 aliphatic carbocycles. The van der Waals surface area contributed by atoms with Crippen LogP contribution in [0, 0.1) is 26.6 Å². The zero-order chi connectivity index (χ0) is 27.4. The number of aliphatic imine (C=N–C) groups is 2. The summed E-state index contributed by atoms with van der Waals surface area (Å²) in [5.74, 6) is 1.58. The molecule has 1 aromatic heterocycles. The predicted octanol–water partition coefficient (Wildman–Crippen LogP) is 7.73. The number of halogens is 1. The summed E-state index contributed by atoms with van der Waals surface area (Å²) in [6, 6.07) is 30.5. The van der Waals surface area contributed by atoms with Crippen LogP contribution in [-0.4, -0.2) is 21.5 Å². The first kappa shape index (κ1) is 24.0. The molecule has 1 N–H and O–H groups in total. The van der Waals surface area contributed by atoms with Crippen LogP contribution in [0.25, 0.3) is 5.69 Å². The molecule has 0 amide bonds. The number of nitrogens with one attached hydrogen (secondary N) is 1. The number of rotatable bonds is 3. The number of amidine groups is 2. The van der Waals surface area contributed by atoms with Crippen molar-refractivity contribution in [2.75, 3.05) is 10.2 Å². The fraction of sp³-hybridized carbons (Fsp3) is 0.121. The lowest BCUT2D eigenvalue weighted by Gasteiger charge is -2.40. The van der Waals surface area contributed by atoms with E-state index in [0.717, 1.165) is 34.0 Å². The van der Waals surface area contributed by atoms with Gasteiger partial charge in [0, 0.05) is 16.8 Å². The predicted molar refractivity (Wildman–Crippen MR) is 159 cm³/mol. The van der Waals surface area contributed by atoms with E-state index in [1.54, 1.807) is 6.07 Å². The molecule has 0 saturated heterocycles. The van der Waals surface area contributed by atoms with Crippen LogP contribution in [0.2, 0.25) is 0 Å². The molecular formula is C33H27FN6. The lowest BCUT2D eigenvalue weighted by molar-refractivity contribution is 0.597. The van der Waals surface area contributed by atoms with E-state index in [1.165, 1.54) is 17.2 Å². The van der Waals surface area contributed by atoms with E-state index >= 15 is 4.39 Å². The van der Waals surface area contributed by atoms with Crippen LogP contribution in [0.5, 0.6) is 0 Å². The highest BCUT2D eigenvalue weighted by molar-refractivity contribution is 6.51. The molecule has 0 spiro atoms. The Morgan fingerprint density at radius 3 is 2.33 bits per heavy atom. The minimum atomic E-state index is -0.505. The molecule has 0 fully saturated rings. The quantitative estimate of drug-likeness (QED) is 0.262. The number of fused-ring (bicyclic) bond motifs is 4. The van der Waals surface area contributed by atoms with Gasteiger partial charge in [0.2, 0.25) is 0 Å². The van der Waals surface area contributed by atoms with Gasteiger partial charge in [-0.2, -0.15) is 5.10 Å². The smallest absolute Gasteiger partial charge is 0.179 e. The molecule has 0 unspecified atom stereocenters. The Morgan fingerprint density at radius 1 is 0.775 bits per heavy atom. The second-order valence-corrected chi connectivity index (χ2v) is 10.2. The average molecular weight is 527 g/mol. The SMILES string of the molecule is Cc1ccc(NC2=Nc3ccccc3N3C2=Nc2c(c(C)nn2-c2ccccc2)[C@@H]3c2ccccc2F)cc1C. The third kappa shape index (κ3) is 3.81. The summed E-state index contributed by atoms with van der Waals surface area (Å²) in [5, 5.41) is 8.44. The summed E-state index contributed by atoms with van der Waals surface area (Å²) < 4.78 is 17.5. The Bertz CT molecular complexity index is 1840. The maximum Gasteiger partial charge on any atom is 0.179 e. The second-order valence-electron chi connectivity index (χ2n) is 10.2. The fourth-order valence-electron chi connectivity index (χ4n) is 5.49. The Morgan fingerprint density at radius 2 is 1.52 bits per heavy atom. The number of hydrogen-bond acceptors (Lipinski definition) is 5. The third-order valence-electron chi connectivity index (χ3n) is 7.61. The van der Waals surface area contributed by atoms with Gasteiger partial charge in [-0.25, -0.2) is 19.1 Å². The summed E-state index contributed by atoms with van der Waals surface area (Å²) in [7, 11) is 0. The van der Waals surface area contributed by atoms with E-state index < -0.39 is 6.04 Å². The van der Waals surface area contributed by atoms with Crippen LogP contribution in [0.1, 0.15) is 34.0 Å². The van der Waals surface area contributed by atoms with Crippen LogP contribution in [0.15, 0.2) is 107 Å². The Labute approximate surface area is 232 Å². The molecular weight excluding hydrogens is 499 g/mol. The molecule has 2 aliphatic rings. The summed E-state index contributed by atoms with van der Waals surface area (Å²) >= 11 is 0. The highest BCUT2D eigenvalue weighted by atomic mass is 19.1. The molecule has 0 bridgehead atoms. The van der Waals surface area contributed by atoms with Crippen LogP contribution in [0.4, 0.5) is 27.3 Å². The molecule has 2 aliphatic heterocycles. The van der Waals surface area contributed by atoms with E-state index in [0.29, 0.717) is 23.1 Å². The number of aromatic nitrogens is 2. The maximum atomic E-state index is 15.7. The molecule has 7 rings (SSSR count). The largest absolute Gasteiger partial charge is 0.337 e. The van der Waals surface area contributed by atoms with Crippen molar-refractivity contribution in [1.29, 1.82) is 0 Å². The van der Waals surface area contributed by atoms with Gasteiger partial charge in [0.1, 0.15) is 5.82 Å². The minimum Gasteiger partial charge on any atom is -0.337 e. The number of para-hydroxylation sites is 3. The van der Waals surface area contributed by atoms with Gasteiger partial charge in [-0.3, -0.25) is 0 Å². The highest BCUT2D eigenvalue weighted by Crippen LogP contribution is 2.48. The van der Waals surface area contributed by atoms with E-state index in [4.69, 9.17) is 15.1 Å². The number of benzene rings is 4. The fourth-order valence-corrected chi connectivity index (χ4v) is 5.49. The topological polar surface area (TPSA) is 57.8 Å². The van der Waals surface area contributed by atoms with Crippen molar-refractivity contribution in [2.45, 2.75) is 26.8 Å². The van der Waals surface area contributed by atoms with Gasteiger partial charge in [-0.15, -0.1) is 0 Å². The normalized spacial score (nSPS) is 15.5. The molecule has 6 nitrogen and oxygen atoms in total. The highest BCUT2D eigenvalue weighted by Gasteiger charge is 2.42. The first-order valence-electron chi connectivity index (χ1n) is 13.3. The van der Waals surface area contributed by atoms with E-state index in [1.807, 2.05) is 84.4 Å². The molecule has 0 radical (unpaired) electrons. The van der Waals surface area contributed by atoms with Gasteiger partial charge in [-0.05, 0) is 74.4 Å². The van der Waals surface area contributed by atoms with Crippen LogP contribution >= 0.6 is 0 Å². The monoisotopic (exact) mass is 526 g/mol. The first-order valence-corrected chi connectivity index (χ1v) is 13.3. The van der Waals surface area contributed by atoms with Crippen molar-refractivity contribution in [1.82, 2.24) is 9.78 Å². The van der Waals surface area contributed by atoms with Gasteiger partial charge >= 0.3 is 0 Å². The third-order valence-corrected chi connectivity index (χ3v) is 7.61. The lowest BCUT2D eigenvalue weighted by Crippen LogP contribution is -2.46. The van der Waals surface area contributed by atoms with Gasteiger partial charge in [-0.1, -0.05) is 54.6 Å². The minimum absolute atomic E-state index is 0.282. The van der Waals surface area contributed by atoms with Crippen molar-refractivity contribution in [3.63, 3.8) is 0 Å². The molecule has 4 aromatic carbocycles. The van der Waals surface area contributed by atoms with Crippen molar-refractivity contribution >= 4 is 34.6 Å². The summed E-state index contributed by atoms with van der Waals surface area (Å²) in [6.45, 7) is 6.14. The van der Waals surface area contributed by atoms with E-state index in [9.17, 15) is 0 Å². The van der Waals surface area contributed by atoms with Crippen molar-refractivity contribution in [3.05, 3.63) is 131 Å². The second kappa shape index (κ2) is 9.31. The zero-order valence-electron chi connectivity index (χ0n) is 22.4. The molecule has 0 saturated carbocycles. The summed E-state index contributed by atoms with van der Waals surface area (Å²) in [6.07, 6.45) is 0. The molecule has 196 valence electrons. The summed E-state index contributed by atoms with van der Waals surface area (Å²) in [5.41, 5.74) is 8.02. The summed E-state index contributed by atoms with van der Waals surface area (Å²) in [4.78, 5) is 12.3. The van der Waals surface area contributed by atoms with Crippen LogP contribution in [0.3, 0.4) is 0 Å². The van der Waals surface area contributed by atoms with Gasteiger partial charge in [0.25, 0.3) is 0 Å². The van der Waals surface area contributed by atoms with Gasteiger partial charge < -0.3 is 10.2 Å². The molecule has 40 heavy (non-hydrogen) atoms. The number of anilines is 2. The molecule has 3 heterocycles. The van der Waals surface area contributed by atoms with Crippen molar-refractivity contribution < 1.29 is 4.39 Å². The van der Waals surface area contributed by atoms with Crippen molar-refractivity contribution in [3.8, 4) is 5.69 Å². The average Bonchev–Trinajstić information content (AvgIpc) is 3.31. The Balaban J connectivity index is 1.50. The first-order chi connectivity index (χ1) is 19.5. The number of aryl methyl sites for hydroxylation is 3. The molecule has 1 atom stereocenters. The molecule has 7 heteroatoms. The van der Waals surface area contributed by atoms with E-state index in [-0.39, 0.29) is 5.82 Å². The molecule has 5 aromatic rings. The van der Waals surface area contributed by atoms with Gasteiger partial charge in [0.15, 0.2) is 17.5 Å². The maximum absolute atomic E-state index is 15.7. The van der Waals surface area contributed by atoms with E-state index in [2.05, 4.69) is 36.2 Å². The number of hydrogen-bond donors (Lipinski definition) is 1. The number of nitrogens with zero attached hydrogens (tertiary/aromatic N) is 5. The standard InChI is InChI=1S/C33H27FN6/c1-20-17-18-23(19-21(20)2)35-31-33-37-32-29(22(3)38-40(32)24-11-5-4-6-12-24)30(25-13-7-8-14-26(25)34)39(33)28-16-10-9-15-27(28)36-31/h4-19,30H,1-3H3,(H,35,36)/t30-/m0/s1. The Hall–Kier alpha value is -5.04. The van der Waals surface area contributed by atoms with Gasteiger partial charge in [0.05, 0.1) is 28.8 Å². The van der Waals surface area contributed by atoms with Crippen LogP contribution in [-0.2, 0) is 0 Å². The Kier molecular flexibility index (Phi) is 5.59. The van der Waals surface area contributed by atoms with Crippen molar-refractivity contribution in [2.24, 2.45) is 9.98 Å². The zero-order valence-corrected chi connectivity index (χ0v) is 22.4.